The van der Waals surface area contributed by atoms with E-state index in [1.54, 1.807) is 0 Å². The maximum atomic E-state index is 12.8. The molecule has 0 saturated heterocycles. The van der Waals surface area contributed by atoms with Crippen LogP contribution in [0.15, 0.2) is 85.1 Å². The predicted octanol–water partition coefficient (Wildman–Crippen LogP) is 17.2. The van der Waals surface area contributed by atoms with Crippen LogP contribution >= 0.6 is 0 Å². The SMILES string of the molecule is CC/C=C/C=C/C=C/C=C/C=C/CCCC(=O)OCC(COC(=O)CCCCCCC/C=C/CCCCCCCCC)OC(=O)CCCCCCC/C=C/CCCCCCCCC. The first-order valence-corrected chi connectivity index (χ1v) is 26.2. The molecule has 0 aliphatic rings. The second-order valence-corrected chi connectivity index (χ2v) is 17.2. The summed E-state index contributed by atoms with van der Waals surface area (Å²) in [7, 11) is 0. The Balaban J connectivity index is 4.49. The van der Waals surface area contributed by atoms with E-state index in [-0.39, 0.29) is 37.5 Å². The second-order valence-electron chi connectivity index (χ2n) is 17.2. The number of unbranched alkanes of at least 4 members (excludes halogenated alkanes) is 25. The van der Waals surface area contributed by atoms with E-state index in [2.05, 4.69) is 51.2 Å². The molecule has 0 amide bonds. The van der Waals surface area contributed by atoms with Gasteiger partial charge in [0.2, 0.25) is 0 Å². The van der Waals surface area contributed by atoms with Gasteiger partial charge in [-0.25, -0.2) is 0 Å². The van der Waals surface area contributed by atoms with Gasteiger partial charge in [-0.15, -0.1) is 0 Å². The summed E-state index contributed by atoms with van der Waals surface area (Å²) in [6.07, 6.45) is 65.8. The summed E-state index contributed by atoms with van der Waals surface area (Å²) in [5, 5.41) is 0. The third-order valence-corrected chi connectivity index (χ3v) is 11.0. The highest BCUT2D eigenvalue weighted by Crippen LogP contribution is 2.14. The van der Waals surface area contributed by atoms with E-state index in [9.17, 15) is 14.4 Å². The van der Waals surface area contributed by atoms with Crippen LogP contribution in [0.25, 0.3) is 0 Å². The Bertz CT molecular complexity index is 1240. The minimum Gasteiger partial charge on any atom is -0.462 e. The molecular weight excluding hydrogens is 781 g/mol. The summed E-state index contributed by atoms with van der Waals surface area (Å²) in [5.41, 5.74) is 0. The molecule has 0 spiro atoms. The minimum atomic E-state index is -0.812. The number of rotatable bonds is 46. The molecule has 0 aliphatic heterocycles. The van der Waals surface area contributed by atoms with E-state index in [1.807, 2.05) is 54.7 Å². The Kier molecular flexibility index (Phi) is 48.5. The highest BCUT2D eigenvalue weighted by molar-refractivity contribution is 5.71. The van der Waals surface area contributed by atoms with Crippen molar-refractivity contribution in [2.24, 2.45) is 0 Å². The van der Waals surface area contributed by atoms with Gasteiger partial charge in [0.1, 0.15) is 13.2 Å². The van der Waals surface area contributed by atoms with Crippen LogP contribution in [-0.2, 0) is 28.6 Å². The van der Waals surface area contributed by atoms with E-state index in [1.165, 1.54) is 116 Å². The smallest absolute Gasteiger partial charge is 0.306 e. The third-order valence-electron chi connectivity index (χ3n) is 11.0. The van der Waals surface area contributed by atoms with Gasteiger partial charge in [0, 0.05) is 19.3 Å². The van der Waals surface area contributed by atoms with Crippen molar-refractivity contribution in [1.29, 1.82) is 0 Å². The van der Waals surface area contributed by atoms with Crippen molar-refractivity contribution >= 4 is 17.9 Å². The number of carbonyl (C=O) groups excluding carboxylic acids is 3. The van der Waals surface area contributed by atoms with E-state index in [0.717, 1.165) is 77.0 Å². The van der Waals surface area contributed by atoms with Crippen molar-refractivity contribution in [1.82, 2.24) is 0 Å². The molecule has 0 N–H and O–H groups in total. The van der Waals surface area contributed by atoms with Gasteiger partial charge in [0.05, 0.1) is 0 Å². The second kappa shape index (κ2) is 51.2. The van der Waals surface area contributed by atoms with Gasteiger partial charge < -0.3 is 14.2 Å². The normalized spacial score (nSPS) is 12.7. The van der Waals surface area contributed by atoms with Gasteiger partial charge in [-0.1, -0.05) is 221 Å². The number of ether oxygens (including phenoxy) is 3. The quantitative estimate of drug-likeness (QED) is 0.0199. The monoisotopic (exact) mass is 877 g/mol. The van der Waals surface area contributed by atoms with Crippen LogP contribution in [-0.4, -0.2) is 37.2 Å². The van der Waals surface area contributed by atoms with Crippen molar-refractivity contribution < 1.29 is 28.6 Å². The molecule has 0 rings (SSSR count). The van der Waals surface area contributed by atoms with E-state index < -0.39 is 6.10 Å². The van der Waals surface area contributed by atoms with Gasteiger partial charge in [0.15, 0.2) is 6.10 Å². The summed E-state index contributed by atoms with van der Waals surface area (Å²) in [4.78, 5) is 37.9. The molecule has 0 bridgehead atoms. The number of allylic oxidation sites excluding steroid dienone is 14. The minimum absolute atomic E-state index is 0.107. The molecule has 0 aromatic carbocycles. The third kappa shape index (κ3) is 49.5. The summed E-state index contributed by atoms with van der Waals surface area (Å²) in [5.74, 6) is -1.000. The lowest BCUT2D eigenvalue weighted by molar-refractivity contribution is -0.167. The van der Waals surface area contributed by atoms with Crippen LogP contribution in [0.3, 0.4) is 0 Å². The number of carbonyl (C=O) groups is 3. The van der Waals surface area contributed by atoms with Crippen LogP contribution in [0.2, 0.25) is 0 Å². The number of esters is 3. The number of hydrogen-bond acceptors (Lipinski definition) is 6. The Morgan fingerprint density at radius 1 is 0.333 bits per heavy atom. The molecule has 0 aromatic rings. The highest BCUT2D eigenvalue weighted by atomic mass is 16.6. The maximum absolute atomic E-state index is 12.8. The average Bonchev–Trinajstić information content (AvgIpc) is 3.28. The van der Waals surface area contributed by atoms with Gasteiger partial charge >= 0.3 is 17.9 Å². The zero-order valence-corrected chi connectivity index (χ0v) is 41.1. The van der Waals surface area contributed by atoms with Gasteiger partial charge in [-0.2, -0.15) is 0 Å². The fourth-order valence-corrected chi connectivity index (χ4v) is 7.05. The zero-order valence-electron chi connectivity index (χ0n) is 41.1. The Labute approximate surface area is 388 Å². The van der Waals surface area contributed by atoms with Crippen molar-refractivity contribution in [3.63, 3.8) is 0 Å². The van der Waals surface area contributed by atoms with Gasteiger partial charge in [-0.3, -0.25) is 14.4 Å². The Morgan fingerprint density at radius 3 is 1.06 bits per heavy atom. The first-order valence-electron chi connectivity index (χ1n) is 26.2. The molecule has 1 unspecified atom stereocenters. The van der Waals surface area contributed by atoms with E-state index in [4.69, 9.17) is 14.2 Å². The van der Waals surface area contributed by atoms with Crippen molar-refractivity contribution in [2.45, 2.75) is 245 Å². The lowest BCUT2D eigenvalue weighted by Crippen LogP contribution is -2.30. The number of hydrogen-bond donors (Lipinski definition) is 0. The van der Waals surface area contributed by atoms with Crippen LogP contribution in [0.4, 0.5) is 0 Å². The van der Waals surface area contributed by atoms with Crippen LogP contribution in [0.1, 0.15) is 239 Å². The fourth-order valence-electron chi connectivity index (χ4n) is 7.05. The van der Waals surface area contributed by atoms with Gasteiger partial charge in [-0.05, 0) is 83.5 Å². The maximum Gasteiger partial charge on any atom is 0.306 e. The molecule has 0 fully saturated rings. The summed E-state index contributed by atoms with van der Waals surface area (Å²) in [6, 6.07) is 0. The Morgan fingerprint density at radius 2 is 0.651 bits per heavy atom. The van der Waals surface area contributed by atoms with Crippen LogP contribution in [0.5, 0.6) is 0 Å². The Hall–Kier alpha value is -3.41. The van der Waals surface area contributed by atoms with Gasteiger partial charge in [0.25, 0.3) is 0 Å². The summed E-state index contributed by atoms with van der Waals surface area (Å²) in [6.45, 7) is 6.41. The molecule has 63 heavy (non-hydrogen) atoms. The van der Waals surface area contributed by atoms with E-state index in [0.29, 0.717) is 19.3 Å². The summed E-state index contributed by atoms with van der Waals surface area (Å²) < 4.78 is 16.7. The first kappa shape index (κ1) is 59.6. The highest BCUT2D eigenvalue weighted by Gasteiger charge is 2.19. The topological polar surface area (TPSA) is 78.9 Å². The van der Waals surface area contributed by atoms with E-state index >= 15 is 0 Å². The average molecular weight is 877 g/mol. The molecule has 6 heteroatoms. The first-order chi connectivity index (χ1) is 31.0. The molecule has 0 saturated carbocycles. The zero-order chi connectivity index (χ0) is 45.8. The van der Waals surface area contributed by atoms with Crippen molar-refractivity contribution in [3.05, 3.63) is 85.1 Å². The van der Waals surface area contributed by atoms with Crippen LogP contribution < -0.4 is 0 Å². The molecular formula is C57H96O6. The standard InChI is InChI=1S/C57H96O6/c1-4-7-10-13-16-19-22-25-27-29-32-35-38-41-44-47-50-56(59)62-53-54(52-61-55(58)49-46-43-40-37-34-31-24-21-18-15-12-9-6-3)63-57(60)51-48-45-42-39-36-33-30-28-26-23-20-17-14-11-8-5-2/h9,12,15,18,21,24,27-31,34,37,40,54H,4-8,10-11,13-14,16-17,19-20,22-23,25-26,32-33,35-36,38-39,41-53H2,1-3H3/b12-9+,18-15+,24-21+,29-27+,30-28+,34-31+,40-37+. The molecule has 6 nitrogen and oxygen atoms in total. The molecule has 0 aliphatic carbocycles. The van der Waals surface area contributed by atoms with Crippen molar-refractivity contribution in [3.8, 4) is 0 Å². The molecule has 0 heterocycles. The molecule has 0 radical (unpaired) electrons. The van der Waals surface area contributed by atoms with Crippen LogP contribution in [0, 0.1) is 0 Å². The fraction of sp³-hybridized carbons (Fsp3) is 0.702. The predicted molar refractivity (Wildman–Crippen MR) is 270 cm³/mol. The lowest BCUT2D eigenvalue weighted by atomic mass is 10.1. The molecule has 360 valence electrons. The lowest BCUT2D eigenvalue weighted by Gasteiger charge is -2.18. The molecule has 0 aromatic heterocycles. The molecule has 1 atom stereocenters. The summed E-state index contributed by atoms with van der Waals surface area (Å²) >= 11 is 0. The largest absolute Gasteiger partial charge is 0.462 e. The van der Waals surface area contributed by atoms with Crippen molar-refractivity contribution in [2.75, 3.05) is 13.2 Å².